The van der Waals surface area contributed by atoms with E-state index in [1.807, 2.05) is 0 Å². The molecule has 0 saturated heterocycles. The number of rotatable bonds is 8. The van der Waals surface area contributed by atoms with Crippen LogP contribution in [-0.2, 0) is 9.53 Å². The van der Waals surface area contributed by atoms with Crippen molar-refractivity contribution in [1.29, 1.82) is 0 Å². The number of non-ortho nitro benzene ring substituents is 2. The highest BCUT2D eigenvalue weighted by molar-refractivity contribution is 5.71. The first kappa shape index (κ1) is 24.5. The largest absolute Gasteiger partial charge is 0.493 e. The van der Waals surface area contributed by atoms with Gasteiger partial charge in [0.15, 0.2) is 11.5 Å². The standard InChI is InChI=1S/C24H24N2O8/c1-32-22-10-9-17(13-23(22)34-21-5-3-4-6-21)18(14-24(27)33-2)8-7-16-11-19(25(28)29)15-20(12-16)26(30)31/h9-13,15,18,21H,3-6,14H2,1-2H3/t18-/m0/s1. The van der Waals surface area contributed by atoms with Crippen LogP contribution in [0.3, 0.4) is 0 Å². The van der Waals surface area contributed by atoms with E-state index in [1.165, 1.54) is 14.2 Å². The van der Waals surface area contributed by atoms with Crippen LogP contribution in [0.25, 0.3) is 0 Å². The molecule has 0 radical (unpaired) electrons. The highest BCUT2D eigenvalue weighted by atomic mass is 16.6. The number of benzene rings is 2. The molecule has 3 rings (SSSR count). The lowest BCUT2D eigenvalue weighted by molar-refractivity contribution is -0.394. The van der Waals surface area contributed by atoms with E-state index in [2.05, 4.69) is 11.8 Å². The number of esters is 1. The van der Waals surface area contributed by atoms with Gasteiger partial charge in [0.05, 0.1) is 48.6 Å². The normalized spacial score (nSPS) is 13.9. The van der Waals surface area contributed by atoms with Gasteiger partial charge in [-0.25, -0.2) is 0 Å². The molecule has 0 unspecified atom stereocenters. The SMILES string of the molecule is COC(=O)C[C@H](C#Cc1cc([N+](=O)[O-])cc([N+](=O)[O-])c1)c1ccc(OC)c(OC2CCCC2)c1. The predicted octanol–water partition coefficient (Wildman–Crippen LogP) is 4.53. The highest BCUT2D eigenvalue weighted by Gasteiger charge is 2.21. The molecule has 10 nitrogen and oxygen atoms in total. The zero-order valence-electron chi connectivity index (χ0n) is 18.8. The van der Waals surface area contributed by atoms with E-state index in [1.54, 1.807) is 18.2 Å². The van der Waals surface area contributed by atoms with E-state index in [4.69, 9.17) is 14.2 Å². The number of hydrogen-bond acceptors (Lipinski definition) is 8. The Bertz CT molecular complexity index is 1110. The quantitative estimate of drug-likeness (QED) is 0.239. The highest BCUT2D eigenvalue weighted by Crippen LogP contribution is 2.35. The van der Waals surface area contributed by atoms with Gasteiger partial charge in [-0.2, -0.15) is 0 Å². The average Bonchev–Trinajstić information content (AvgIpc) is 3.34. The Morgan fingerprint density at radius 3 is 2.24 bits per heavy atom. The number of nitrogens with zero attached hydrogens (tertiary/aromatic N) is 2. The van der Waals surface area contributed by atoms with Gasteiger partial charge in [-0.3, -0.25) is 25.0 Å². The Morgan fingerprint density at radius 2 is 1.68 bits per heavy atom. The number of methoxy groups -OCH3 is 2. The molecule has 34 heavy (non-hydrogen) atoms. The van der Waals surface area contributed by atoms with Gasteiger partial charge in [0, 0.05) is 17.7 Å². The summed E-state index contributed by atoms with van der Waals surface area (Å²) in [6.45, 7) is 0. The van der Waals surface area contributed by atoms with Crippen molar-refractivity contribution in [2.75, 3.05) is 14.2 Å². The summed E-state index contributed by atoms with van der Waals surface area (Å²) in [5.41, 5.74) is -0.141. The van der Waals surface area contributed by atoms with Crippen molar-refractivity contribution >= 4 is 17.3 Å². The van der Waals surface area contributed by atoms with Crippen LogP contribution in [0.4, 0.5) is 11.4 Å². The molecule has 0 amide bonds. The zero-order chi connectivity index (χ0) is 24.7. The minimum absolute atomic E-state index is 0.0831. The van der Waals surface area contributed by atoms with Crippen LogP contribution in [0, 0.1) is 32.1 Å². The van der Waals surface area contributed by atoms with Crippen LogP contribution < -0.4 is 9.47 Å². The molecule has 0 bridgehead atoms. The van der Waals surface area contributed by atoms with Gasteiger partial charge in [-0.15, -0.1) is 0 Å². The van der Waals surface area contributed by atoms with Crippen molar-refractivity contribution in [3.05, 3.63) is 67.8 Å². The Hall–Kier alpha value is -4.13. The number of hydrogen-bond donors (Lipinski definition) is 0. The van der Waals surface area contributed by atoms with E-state index in [-0.39, 0.29) is 18.1 Å². The van der Waals surface area contributed by atoms with Gasteiger partial charge in [0.25, 0.3) is 11.4 Å². The third-order valence-electron chi connectivity index (χ3n) is 5.50. The number of nitro benzene ring substituents is 2. The molecule has 178 valence electrons. The van der Waals surface area contributed by atoms with Crippen LogP contribution >= 0.6 is 0 Å². The van der Waals surface area contributed by atoms with E-state index in [9.17, 15) is 25.0 Å². The first-order valence-electron chi connectivity index (χ1n) is 10.7. The number of carbonyl (C=O) groups excluding carboxylic acids is 1. The Kier molecular flexibility index (Phi) is 8.03. The van der Waals surface area contributed by atoms with Gasteiger partial charge in [0.2, 0.25) is 0 Å². The minimum Gasteiger partial charge on any atom is -0.493 e. The maximum atomic E-state index is 12.1. The molecule has 2 aromatic carbocycles. The van der Waals surface area contributed by atoms with Crippen LogP contribution in [0.15, 0.2) is 36.4 Å². The molecule has 1 aliphatic carbocycles. The van der Waals surface area contributed by atoms with E-state index >= 15 is 0 Å². The van der Waals surface area contributed by atoms with Gasteiger partial charge >= 0.3 is 5.97 Å². The number of ether oxygens (including phenoxy) is 3. The molecule has 0 aromatic heterocycles. The fourth-order valence-corrected chi connectivity index (χ4v) is 3.74. The molecular weight excluding hydrogens is 444 g/mol. The van der Waals surface area contributed by atoms with Crippen molar-refractivity contribution in [2.24, 2.45) is 0 Å². The Morgan fingerprint density at radius 1 is 1.03 bits per heavy atom. The fourth-order valence-electron chi connectivity index (χ4n) is 3.74. The van der Waals surface area contributed by atoms with Gasteiger partial charge in [0.1, 0.15) is 0 Å². The molecule has 0 aliphatic heterocycles. The number of carbonyl (C=O) groups is 1. The summed E-state index contributed by atoms with van der Waals surface area (Å²) < 4.78 is 16.3. The lowest BCUT2D eigenvalue weighted by Gasteiger charge is -2.18. The number of nitro groups is 2. The molecule has 1 saturated carbocycles. The second-order valence-electron chi connectivity index (χ2n) is 7.79. The first-order valence-corrected chi connectivity index (χ1v) is 10.7. The van der Waals surface area contributed by atoms with Crippen LogP contribution in [-0.4, -0.2) is 36.1 Å². The van der Waals surface area contributed by atoms with E-state index in [0.29, 0.717) is 17.1 Å². The maximum absolute atomic E-state index is 12.1. The summed E-state index contributed by atoms with van der Waals surface area (Å²) in [5, 5.41) is 22.3. The maximum Gasteiger partial charge on any atom is 0.307 e. The summed E-state index contributed by atoms with van der Waals surface area (Å²) >= 11 is 0. The molecule has 1 fully saturated rings. The van der Waals surface area contributed by atoms with Gasteiger partial charge in [-0.1, -0.05) is 17.9 Å². The van der Waals surface area contributed by atoms with Crippen molar-refractivity contribution in [2.45, 2.75) is 44.1 Å². The third kappa shape index (κ3) is 6.22. The van der Waals surface area contributed by atoms with Crippen molar-refractivity contribution in [3.8, 4) is 23.3 Å². The molecule has 1 atom stereocenters. The topological polar surface area (TPSA) is 131 Å². The molecule has 0 N–H and O–H groups in total. The molecular formula is C24H24N2O8. The second kappa shape index (κ2) is 11.1. The van der Waals surface area contributed by atoms with E-state index < -0.39 is 33.1 Å². The second-order valence-corrected chi connectivity index (χ2v) is 7.79. The molecule has 0 spiro atoms. The summed E-state index contributed by atoms with van der Waals surface area (Å²) in [6, 6.07) is 8.40. The predicted molar refractivity (Wildman–Crippen MR) is 122 cm³/mol. The van der Waals surface area contributed by atoms with Gasteiger partial charge in [-0.05, 0) is 43.4 Å². The molecule has 10 heteroatoms. The first-order chi connectivity index (χ1) is 16.3. The van der Waals surface area contributed by atoms with Crippen LogP contribution in [0.1, 0.15) is 49.1 Å². The smallest absolute Gasteiger partial charge is 0.307 e. The van der Waals surface area contributed by atoms with Crippen LogP contribution in [0.2, 0.25) is 0 Å². The summed E-state index contributed by atoms with van der Waals surface area (Å²) in [5.74, 6) is 5.60. The molecule has 0 heterocycles. The van der Waals surface area contributed by atoms with Crippen molar-refractivity contribution in [1.82, 2.24) is 0 Å². The summed E-state index contributed by atoms with van der Waals surface area (Å²) in [4.78, 5) is 32.9. The summed E-state index contributed by atoms with van der Waals surface area (Å²) in [6.07, 6.45) is 4.08. The lowest BCUT2D eigenvalue weighted by atomic mass is 9.95. The van der Waals surface area contributed by atoms with Crippen molar-refractivity contribution in [3.63, 3.8) is 0 Å². The Labute approximate surface area is 196 Å². The monoisotopic (exact) mass is 468 g/mol. The lowest BCUT2D eigenvalue weighted by Crippen LogP contribution is -2.12. The average molecular weight is 468 g/mol. The van der Waals surface area contributed by atoms with Crippen molar-refractivity contribution < 1.29 is 28.9 Å². The van der Waals surface area contributed by atoms with E-state index in [0.717, 1.165) is 43.9 Å². The van der Waals surface area contributed by atoms with Gasteiger partial charge < -0.3 is 14.2 Å². The van der Waals surface area contributed by atoms with Crippen LogP contribution in [0.5, 0.6) is 11.5 Å². The molecule has 2 aromatic rings. The molecule has 1 aliphatic rings. The Balaban J connectivity index is 1.99. The minimum atomic E-state index is -0.722. The summed E-state index contributed by atoms with van der Waals surface area (Å²) in [7, 11) is 2.80. The third-order valence-corrected chi connectivity index (χ3v) is 5.50. The fraction of sp³-hybridized carbons (Fsp3) is 0.375. The zero-order valence-corrected chi connectivity index (χ0v) is 18.8.